The van der Waals surface area contributed by atoms with E-state index in [9.17, 15) is 4.79 Å². The molecular weight excluding hydrogens is 410 g/mol. The molecule has 0 saturated heterocycles. The van der Waals surface area contributed by atoms with Crippen LogP contribution in [0.3, 0.4) is 0 Å². The molecule has 4 heteroatoms. The Hall–Kier alpha value is -2.33. The van der Waals surface area contributed by atoms with E-state index in [4.69, 9.17) is 9.47 Å². The van der Waals surface area contributed by atoms with Crippen LogP contribution >= 0.6 is 0 Å². The molecule has 0 bridgehead atoms. The van der Waals surface area contributed by atoms with E-state index in [0.29, 0.717) is 11.0 Å². The van der Waals surface area contributed by atoms with Gasteiger partial charge in [0, 0.05) is 5.56 Å². The fraction of sp³-hybridized carbons (Fsp3) is 0.552. The van der Waals surface area contributed by atoms with Crippen LogP contribution in [0.25, 0.3) is 0 Å². The van der Waals surface area contributed by atoms with Crippen LogP contribution in [-0.2, 0) is 22.5 Å². The summed E-state index contributed by atoms with van der Waals surface area (Å²) in [4.78, 5) is 12.2. The smallest absolute Gasteiger partial charge is 0.364 e. The molecule has 0 amide bonds. The monoisotopic (exact) mass is 454 g/mol. The zero-order chi connectivity index (χ0) is 23.8. The first kappa shape index (κ1) is 26.9. The second kappa shape index (κ2) is 15.5. The summed E-state index contributed by atoms with van der Waals surface area (Å²) in [5, 5.41) is 0. The van der Waals surface area contributed by atoms with Crippen molar-refractivity contribution in [1.29, 1.82) is 0 Å². The van der Waals surface area contributed by atoms with Gasteiger partial charge in [-0.25, -0.2) is 4.79 Å². The van der Waals surface area contributed by atoms with Gasteiger partial charge in [-0.2, -0.15) is 0 Å². The number of carbonyl (C=O) groups excluding carboxylic acids is 1. The van der Waals surface area contributed by atoms with Crippen LogP contribution in [0, 0.1) is 0 Å². The number of ether oxygens (including phenoxy) is 2. The van der Waals surface area contributed by atoms with Gasteiger partial charge in [0.1, 0.15) is 12.3 Å². The summed E-state index contributed by atoms with van der Waals surface area (Å²) < 4.78 is 11.5. The molecular formula is C29H44NO3+. The number of benzene rings is 2. The Morgan fingerprint density at radius 2 is 1.36 bits per heavy atom. The van der Waals surface area contributed by atoms with Gasteiger partial charge in [-0.1, -0.05) is 101 Å². The summed E-state index contributed by atoms with van der Waals surface area (Å²) in [6.45, 7) is 3.29. The molecule has 0 saturated carbocycles. The third-order valence-corrected chi connectivity index (χ3v) is 5.95. The minimum absolute atomic E-state index is 0.0538. The first-order valence-corrected chi connectivity index (χ1v) is 12.7. The number of likely N-dealkylation sites (N-methyl/N-ethyl adjacent to an activating group) is 1. The topological polar surface area (TPSA) is 35.5 Å². The van der Waals surface area contributed by atoms with Gasteiger partial charge in [0.2, 0.25) is 6.79 Å². The lowest BCUT2D eigenvalue weighted by Crippen LogP contribution is -2.43. The third-order valence-electron chi connectivity index (χ3n) is 5.95. The Morgan fingerprint density at radius 3 is 2.00 bits per heavy atom. The maximum Gasteiger partial charge on any atom is 0.364 e. The minimum Gasteiger partial charge on any atom is -0.457 e. The molecule has 33 heavy (non-hydrogen) atoms. The van der Waals surface area contributed by atoms with Crippen molar-refractivity contribution in [2.75, 3.05) is 27.4 Å². The van der Waals surface area contributed by atoms with E-state index in [0.717, 1.165) is 18.7 Å². The zero-order valence-corrected chi connectivity index (χ0v) is 21.1. The molecule has 4 nitrogen and oxygen atoms in total. The van der Waals surface area contributed by atoms with E-state index in [1.165, 1.54) is 68.9 Å². The number of aryl methyl sites for hydroxylation is 1. The summed E-state index contributed by atoms with van der Waals surface area (Å²) in [6, 6.07) is 18.3. The fourth-order valence-electron chi connectivity index (χ4n) is 4.08. The lowest BCUT2D eigenvalue weighted by Gasteiger charge is -2.28. The number of esters is 1. The van der Waals surface area contributed by atoms with Crippen molar-refractivity contribution in [2.45, 2.75) is 77.7 Å². The van der Waals surface area contributed by atoms with Crippen LogP contribution in [0.4, 0.5) is 0 Å². The maximum atomic E-state index is 12.2. The number of nitrogens with zero attached hydrogens (tertiary/aromatic N) is 1. The van der Waals surface area contributed by atoms with Gasteiger partial charge >= 0.3 is 5.97 Å². The molecule has 0 atom stereocenters. The average molecular weight is 455 g/mol. The van der Waals surface area contributed by atoms with Crippen molar-refractivity contribution >= 4 is 5.97 Å². The first-order chi connectivity index (χ1) is 16.0. The summed E-state index contributed by atoms with van der Waals surface area (Å²) in [5.74, 6) is 0.481. The van der Waals surface area contributed by atoms with Crippen molar-refractivity contribution < 1.29 is 18.8 Å². The highest BCUT2D eigenvalue weighted by atomic mass is 16.7. The Balaban J connectivity index is 1.57. The highest BCUT2D eigenvalue weighted by Crippen LogP contribution is 2.16. The number of rotatable bonds is 17. The summed E-state index contributed by atoms with van der Waals surface area (Å²) in [6.07, 6.45) is 13.3. The molecule has 0 N–H and O–H groups in total. The minimum atomic E-state index is -0.252. The van der Waals surface area contributed by atoms with Crippen molar-refractivity contribution in [3.63, 3.8) is 0 Å². The van der Waals surface area contributed by atoms with Crippen LogP contribution in [0.5, 0.6) is 5.75 Å². The Labute approximate surface area is 201 Å². The normalized spacial score (nSPS) is 11.4. The SMILES string of the molecule is CCCCCCCCCCCc1ccc(OCOC(=O)C[N+](C)(C)Cc2ccccc2)cc1. The molecule has 0 aromatic heterocycles. The first-order valence-electron chi connectivity index (χ1n) is 12.7. The maximum absolute atomic E-state index is 12.2. The summed E-state index contributed by atoms with van der Waals surface area (Å²) in [5.41, 5.74) is 2.54. The second-order valence-corrected chi connectivity index (χ2v) is 9.74. The molecule has 2 aromatic rings. The highest BCUT2D eigenvalue weighted by Gasteiger charge is 2.21. The van der Waals surface area contributed by atoms with Gasteiger partial charge in [0.25, 0.3) is 0 Å². The van der Waals surface area contributed by atoms with E-state index in [-0.39, 0.29) is 12.8 Å². The van der Waals surface area contributed by atoms with E-state index in [1.807, 2.05) is 44.4 Å². The quantitative estimate of drug-likeness (QED) is 0.113. The standard InChI is InChI=1S/C29H44NO3/c1-4-5-6-7-8-9-10-11-13-16-26-19-21-28(22-20-26)32-25-33-29(31)24-30(2,3)23-27-17-14-12-15-18-27/h12,14-15,17-22H,4-11,13,16,23-25H2,1-3H3/q+1. The van der Waals surface area contributed by atoms with Crippen LogP contribution in [0.2, 0.25) is 0 Å². The zero-order valence-electron chi connectivity index (χ0n) is 21.1. The highest BCUT2D eigenvalue weighted by molar-refractivity contribution is 5.70. The Morgan fingerprint density at radius 1 is 0.758 bits per heavy atom. The van der Waals surface area contributed by atoms with Crippen LogP contribution < -0.4 is 4.74 Å². The lowest BCUT2D eigenvalue weighted by atomic mass is 10.0. The molecule has 182 valence electrons. The van der Waals surface area contributed by atoms with Crippen molar-refractivity contribution in [2.24, 2.45) is 0 Å². The lowest BCUT2D eigenvalue weighted by molar-refractivity contribution is -0.896. The van der Waals surface area contributed by atoms with Crippen molar-refractivity contribution in [1.82, 2.24) is 0 Å². The predicted molar refractivity (Wildman–Crippen MR) is 136 cm³/mol. The fourth-order valence-corrected chi connectivity index (χ4v) is 4.08. The Bertz CT molecular complexity index is 771. The van der Waals surface area contributed by atoms with Gasteiger partial charge in [-0.05, 0) is 30.5 Å². The molecule has 2 rings (SSSR count). The van der Waals surface area contributed by atoms with Gasteiger partial charge in [-0.15, -0.1) is 0 Å². The predicted octanol–water partition coefficient (Wildman–Crippen LogP) is 6.92. The number of hydrogen-bond donors (Lipinski definition) is 0. The van der Waals surface area contributed by atoms with E-state index in [1.54, 1.807) is 0 Å². The van der Waals surface area contributed by atoms with E-state index >= 15 is 0 Å². The van der Waals surface area contributed by atoms with Crippen LogP contribution in [-0.4, -0.2) is 37.9 Å². The van der Waals surface area contributed by atoms with Gasteiger partial charge in [0.05, 0.1) is 14.1 Å². The van der Waals surface area contributed by atoms with E-state index in [2.05, 4.69) is 31.2 Å². The largest absolute Gasteiger partial charge is 0.457 e. The number of quaternary nitrogens is 1. The molecule has 0 radical (unpaired) electrons. The number of carbonyl (C=O) groups is 1. The number of hydrogen-bond acceptors (Lipinski definition) is 3. The molecule has 2 aromatic carbocycles. The second-order valence-electron chi connectivity index (χ2n) is 9.74. The molecule has 0 aliphatic carbocycles. The summed E-state index contributed by atoms with van der Waals surface area (Å²) >= 11 is 0. The molecule has 0 fully saturated rings. The molecule has 0 unspecified atom stereocenters. The van der Waals surface area contributed by atoms with Gasteiger partial charge in [-0.3, -0.25) is 0 Å². The molecule has 0 aliphatic rings. The number of unbranched alkanes of at least 4 members (excludes halogenated alkanes) is 8. The molecule has 0 aliphatic heterocycles. The van der Waals surface area contributed by atoms with Crippen LogP contribution in [0.15, 0.2) is 54.6 Å². The Kier molecular flexibility index (Phi) is 12.6. The van der Waals surface area contributed by atoms with Gasteiger partial charge in [0.15, 0.2) is 6.54 Å². The van der Waals surface area contributed by atoms with Crippen molar-refractivity contribution in [3.8, 4) is 5.75 Å². The molecule has 0 heterocycles. The van der Waals surface area contributed by atoms with Gasteiger partial charge < -0.3 is 14.0 Å². The third kappa shape index (κ3) is 12.5. The summed E-state index contributed by atoms with van der Waals surface area (Å²) in [7, 11) is 4.06. The molecule has 0 spiro atoms. The average Bonchev–Trinajstić information content (AvgIpc) is 2.79. The van der Waals surface area contributed by atoms with Crippen LogP contribution in [0.1, 0.15) is 75.8 Å². The van der Waals surface area contributed by atoms with E-state index < -0.39 is 0 Å². The van der Waals surface area contributed by atoms with Crippen molar-refractivity contribution in [3.05, 3.63) is 65.7 Å².